The third-order valence-electron chi connectivity index (χ3n) is 13.9. The molecule has 9 amide bonds. The Hall–Kier alpha value is -9.88. The van der Waals surface area contributed by atoms with Crippen molar-refractivity contribution < 1.29 is 93.0 Å². The second-order valence-corrected chi connectivity index (χ2v) is 21.8. The van der Waals surface area contributed by atoms with Gasteiger partial charge in [0.1, 0.15) is 60.1 Å². The number of aliphatic hydroxyl groups excluding tert-OH is 1. The standard InChI is InChI=1S/C57H87N17O19S/c58-23-5-4-10-34(66-46(83)33(59)17-20-43(77)78)47(84)69-37(18-21-44(79)80)50(87)67-35(11-6-24-64-56(60)61)48(85)71-39(26-30-8-2-1-3-9-30)53(90)72-40(27-31-13-15-32(76)16-14-31)52(89)70-38(19-22-45(81)82)51(88)73-41(28-75)54(91)68-36(12-7-25-65-57(62)63)49(86)74-42(29-94)55(92)93/h1-3,8-9,13-16,33-42,75-76,94H,4-7,10-12,17-29,58-59H2,(H,66,83)(H,67,87)(H,68,91)(H,69,84)(H,70,89)(H,71,85)(H,72,90)(H,73,88)(H,74,86)(H,77,78)(H,79,80)(H,81,82)(H,92,93)(H4,60,61,64)(H4,62,63,65)/t33-,34-,35-,36-,37-,38-,39-,40-,41-,42-/m0/s1. The van der Waals surface area contributed by atoms with E-state index in [0.717, 1.165) is 0 Å². The van der Waals surface area contributed by atoms with Crippen molar-refractivity contribution in [2.45, 2.75) is 157 Å². The number of phenols is 1. The number of carboxylic acid groups (broad SMARTS) is 4. The van der Waals surface area contributed by atoms with Gasteiger partial charge in [0.05, 0.1) is 12.6 Å². The van der Waals surface area contributed by atoms with E-state index in [2.05, 4.69) is 71.1 Å². The molecule has 0 radical (unpaired) electrons. The number of thiol groups is 1. The molecule has 0 saturated carbocycles. The lowest BCUT2D eigenvalue weighted by atomic mass is 10.0. The lowest BCUT2D eigenvalue weighted by Gasteiger charge is -2.28. The van der Waals surface area contributed by atoms with E-state index in [1.807, 2.05) is 0 Å². The van der Waals surface area contributed by atoms with Crippen LogP contribution in [-0.2, 0) is 75.2 Å². The Morgan fingerprint density at radius 1 is 0.426 bits per heavy atom. The van der Waals surface area contributed by atoms with E-state index in [1.165, 1.54) is 24.3 Å². The SMILES string of the molecule is N=C(N)NCCC[C@H](NC(=O)[C@H](CO)NC(=O)[C@H](CCC(=O)O)NC(=O)[C@H](Cc1ccc(O)cc1)NC(=O)[C@H](Cc1ccccc1)NC(=O)[C@H](CCCNC(=N)N)NC(=O)[C@H](CCC(=O)O)NC(=O)[C@H](CCCCN)NC(=O)[C@@H](N)CCC(=O)O)C(=O)N[C@@H](CS)C(=O)O. The first kappa shape index (κ1) is 80.2. The van der Waals surface area contributed by atoms with Crippen molar-refractivity contribution in [2.75, 3.05) is 32.0 Å². The van der Waals surface area contributed by atoms with E-state index < -0.39 is 195 Å². The number of amides is 9. The maximum Gasteiger partial charge on any atom is 0.327 e. The van der Waals surface area contributed by atoms with Crippen molar-refractivity contribution in [1.29, 1.82) is 10.8 Å². The Morgan fingerprint density at radius 2 is 0.755 bits per heavy atom. The zero-order valence-corrected chi connectivity index (χ0v) is 52.3. The van der Waals surface area contributed by atoms with Crippen molar-refractivity contribution in [1.82, 2.24) is 58.5 Å². The topological polar surface area (TPSA) is 627 Å². The number of rotatable bonds is 46. The molecule has 37 heteroatoms. The summed E-state index contributed by atoms with van der Waals surface area (Å²) in [5.41, 5.74) is 23.0. The number of phenolic OH excluding ortho intramolecular Hbond substituents is 1. The maximum atomic E-state index is 14.8. The molecule has 0 bridgehead atoms. The molecule has 0 heterocycles. The third kappa shape index (κ3) is 31.9. The predicted molar refractivity (Wildman–Crippen MR) is 338 cm³/mol. The van der Waals surface area contributed by atoms with Crippen LogP contribution in [0.15, 0.2) is 54.6 Å². The van der Waals surface area contributed by atoms with E-state index in [9.17, 15) is 87.9 Å². The molecule has 0 fully saturated rings. The number of unbranched alkanes of at least 4 members (excludes halogenated alkanes) is 1. The molecule has 520 valence electrons. The van der Waals surface area contributed by atoms with Gasteiger partial charge in [-0.25, -0.2) is 4.79 Å². The lowest BCUT2D eigenvalue weighted by Crippen LogP contribution is -2.61. The van der Waals surface area contributed by atoms with Crippen molar-refractivity contribution >= 4 is 102 Å². The van der Waals surface area contributed by atoms with Crippen LogP contribution in [0.1, 0.15) is 94.6 Å². The third-order valence-corrected chi connectivity index (χ3v) is 14.3. The van der Waals surface area contributed by atoms with Gasteiger partial charge in [-0.15, -0.1) is 0 Å². The lowest BCUT2D eigenvalue weighted by molar-refractivity contribution is -0.142. The van der Waals surface area contributed by atoms with Crippen LogP contribution in [0.4, 0.5) is 0 Å². The maximum absolute atomic E-state index is 14.8. The van der Waals surface area contributed by atoms with Gasteiger partial charge in [-0.1, -0.05) is 42.5 Å². The molecule has 0 aliphatic carbocycles. The van der Waals surface area contributed by atoms with Crippen molar-refractivity contribution in [2.24, 2.45) is 22.9 Å². The molecule has 10 atom stereocenters. The Labute approximate surface area is 545 Å². The van der Waals surface area contributed by atoms with Crippen LogP contribution in [0.5, 0.6) is 5.75 Å². The number of aliphatic hydroxyl groups is 1. The number of aliphatic carboxylic acids is 4. The summed E-state index contributed by atoms with van der Waals surface area (Å²) in [5.74, 6) is -16.9. The summed E-state index contributed by atoms with van der Waals surface area (Å²) in [6, 6.07) is -3.13. The first-order chi connectivity index (χ1) is 44.5. The molecule has 0 aliphatic heterocycles. The number of nitrogens with one attached hydrogen (secondary N) is 13. The molecule has 0 aromatic heterocycles. The molecule has 2 aromatic rings. The van der Waals surface area contributed by atoms with Gasteiger partial charge in [-0.05, 0) is 94.0 Å². The highest BCUT2D eigenvalue weighted by molar-refractivity contribution is 7.80. The Balaban J connectivity index is 2.66. The Morgan fingerprint density at radius 3 is 1.13 bits per heavy atom. The predicted octanol–water partition coefficient (Wildman–Crippen LogP) is -5.88. The Kier molecular flexibility index (Phi) is 36.7. The highest BCUT2D eigenvalue weighted by Gasteiger charge is 2.36. The number of nitrogens with two attached hydrogens (primary N) is 4. The molecule has 0 aliphatic rings. The minimum atomic E-state index is -1.92. The van der Waals surface area contributed by atoms with E-state index in [1.54, 1.807) is 30.3 Å². The smallest absolute Gasteiger partial charge is 0.327 e. The van der Waals surface area contributed by atoms with Crippen LogP contribution in [0, 0.1) is 10.8 Å². The molecule has 2 rings (SSSR count). The molecule has 36 nitrogen and oxygen atoms in total. The molecule has 27 N–H and O–H groups in total. The monoisotopic (exact) mass is 1350 g/mol. The summed E-state index contributed by atoms with van der Waals surface area (Å²) >= 11 is 3.93. The first-order valence-corrected chi connectivity index (χ1v) is 30.4. The number of guanidine groups is 2. The van der Waals surface area contributed by atoms with E-state index in [4.69, 9.17) is 38.9 Å². The van der Waals surface area contributed by atoms with Crippen LogP contribution in [0.25, 0.3) is 0 Å². The first-order valence-electron chi connectivity index (χ1n) is 29.7. The van der Waals surface area contributed by atoms with Gasteiger partial charge in [0.25, 0.3) is 0 Å². The summed E-state index contributed by atoms with van der Waals surface area (Å²) in [7, 11) is 0. The number of carbonyl (C=O) groups excluding carboxylic acids is 9. The average Bonchev–Trinajstić information content (AvgIpc) is 0.951. The van der Waals surface area contributed by atoms with E-state index in [-0.39, 0.29) is 88.1 Å². The van der Waals surface area contributed by atoms with Crippen LogP contribution in [0.3, 0.4) is 0 Å². The molecule has 0 spiro atoms. The minimum absolute atomic E-state index is 0.0136. The highest BCUT2D eigenvalue weighted by atomic mass is 32.1. The van der Waals surface area contributed by atoms with Crippen molar-refractivity contribution in [3.63, 3.8) is 0 Å². The van der Waals surface area contributed by atoms with Gasteiger partial charge >= 0.3 is 23.9 Å². The second kappa shape index (κ2) is 43.0. The van der Waals surface area contributed by atoms with Crippen LogP contribution < -0.4 is 81.4 Å². The fourth-order valence-electron chi connectivity index (χ4n) is 8.81. The molecular weight excluding hydrogens is 1260 g/mol. The van der Waals surface area contributed by atoms with Gasteiger partial charge in [0.15, 0.2) is 11.9 Å². The summed E-state index contributed by atoms with van der Waals surface area (Å²) in [4.78, 5) is 173. The molecule has 94 heavy (non-hydrogen) atoms. The van der Waals surface area contributed by atoms with Gasteiger partial charge in [-0.2, -0.15) is 12.6 Å². The van der Waals surface area contributed by atoms with Crippen molar-refractivity contribution in [3.8, 4) is 5.75 Å². The van der Waals surface area contributed by atoms with Crippen LogP contribution in [-0.4, -0.2) is 212 Å². The molecular formula is C57H87N17O19S. The van der Waals surface area contributed by atoms with Gasteiger partial charge in [0, 0.05) is 50.9 Å². The highest BCUT2D eigenvalue weighted by Crippen LogP contribution is 2.15. The number of aromatic hydroxyl groups is 1. The largest absolute Gasteiger partial charge is 0.508 e. The summed E-state index contributed by atoms with van der Waals surface area (Å²) < 4.78 is 0. The summed E-state index contributed by atoms with van der Waals surface area (Å²) in [6.07, 6.45) is -4.19. The van der Waals surface area contributed by atoms with E-state index in [0.29, 0.717) is 12.0 Å². The number of carboxylic acids is 4. The zero-order valence-electron chi connectivity index (χ0n) is 51.4. The molecule has 0 unspecified atom stereocenters. The van der Waals surface area contributed by atoms with Gasteiger partial charge < -0.3 is 112 Å². The number of carbonyl (C=O) groups is 13. The van der Waals surface area contributed by atoms with Crippen LogP contribution >= 0.6 is 12.6 Å². The normalized spacial score (nSPS) is 14.0. The molecule has 2 aromatic carbocycles. The summed E-state index contributed by atoms with van der Waals surface area (Å²) in [5, 5.41) is 100. The summed E-state index contributed by atoms with van der Waals surface area (Å²) in [6.45, 7) is -1.01. The number of hydrogen-bond acceptors (Lipinski definition) is 20. The fraction of sp³-hybridized carbons (Fsp3) is 0.526. The minimum Gasteiger partial charge on any atom is -0.508 e. The van der Waals surface area contributed by atoms with E-state index >= 15 is 0 Å². The number of benzene rings is 2. The fourth-order valence-corrected chi connectivity index (χ4v) is 9.06. The zero-order chi connectivity index (χ0) is 70.5. The van der Waals surface area contributed by atoms with Crippen LogP contribution in [0.2, 0.25) is 0 Å². The molecule has 0 saturated heterocycles. The Bertz CT molecular complexity index is 2920. The quantitative estimate of drug-likeness (QED) is 0.0127. The second-order valence-electron chi connectivity index (χ2n) is 21.5. The average molecular weight is 1350 g/mol. The van der Waals surface area contributed by atoms with Crippen molar-refractivity contribution in [3.05, 3.63) is 65.7 Å². The van der Waals surface area contributed by atoms with Gasteiger partial charge in [0.2, 0.25) is 53.2 Å². The number of hydrogen-bond donors (Lipinski definition) is 24. The van der Waals surface area contributed by atoms with Gasteiger partial charge in [-0.3, -0.25) is 68.4 Å².